The summed E-state index contributed by atoms with van der Waals surface area (Å²) in [6.07, 6.45) is 5.69. The van der Waals surface area contributed by atoms with Crippen molar-refractivity contribution >= 4 is 46.0 Å². The number of hydrogen-bond acceptors (Lipinski definition) is 7. The van der Waals surface area contributed by atoms with E-state index in [2.05, 4.69) is 22.8 Å². The van der Waals surface area contributed by atoms with Crippen molar-refractivity contribution in [1.82, 2.24) is 9.55 Å². The third-order valence-corrected chi connectivity index (χ3v) is 7.86. The first kappa shape index (κ1) is 24.6. The van der Waals surface area contributed by atoms with Crippen LogP contribution < -0.4 is 10.6 Å². The highest BCUT2D eigenvalue weighted by atomic mass is 32.2. The summed E-state index contributed by atoms with van der Waals surface area (Å²) in [5.41, 5.74) is 3.39. The number of hydrogen-bond donors (Lipinski definition) is 2. The van der Waals surface area contributed by atoms with Crippen molar-refractivity contribution in [3.63, 3.8) is 0 Å². The molecule has 5 rings (SSSR count). The topological polar surface area (TPSA) is 94.5 Å². The number of carbonyl (C=O) groups is 2. The minimum Gasteiger partial charge on any atom is -0.464 e. The van der Waals surface area contributed by atoms with Gasteiger partial charge in [0.05, 0.1) is 24.7 Å². The molecule has 2 fully saturated rings. The first-order valence-electron chi connectivity index (χ1n) is 12.5. The number of pyridine rings is 1. The Morgan fingerprint density at radius 1 is 1.19 bits per heavy atom. The second kappa shape index (κ2) is 11.3. The molecule has 8 nitrogen and oxygen atoms in total. The molecule has 2 aromatic heterocycles. The number of rotatable bonds is 8. The lowest BCUT2D eigenvalue weighted by molar-refractivity contribution is -0.124. The minimum atomic E-state index is -0.521. The standard InChI is InChI=1S/C27H32N4O4S/c1-34-27(33)24-23(30-26(32)22-8-5-13-35-22)21-16-20(29-19-10-14-36-15-11-19)17-28-25(21)31(24)12-9-18-6-3-2-4-7-18/h2-4,6-7,16-17,19,22,29H,5,8-15H2,1H3,(H,30,32)/t22-/m0/s1. The molecule has 2 aliphatic heterocycles. The molecule has 2 N–H and O–H groups in total. The van der Waals surface area contributed by atoms with Gasteiger partial charge in [-0.1, -0.05) is 30.3 Å². The molecule has 0 radical (unpaired) electrons. The molecule has 190 valence electrons. The number of esters is 1. The van der Waals surface area contributed by atoms with Crippen LogP contribution >= 0.6 is 11.8 Å². The number of nitrogens with one attached hydrogen (secondary N) is 2. The predicted molar refractivity (Wildman–Crippen MR) is 143 cm³/mol. The highest BCUT2D eigenvalue weighted by molar-refractivity contribution is 7.99. The number of methoxy groups -OCH3 is 1. The average molecular weight is 509 g/mol. The number of carbonyl (C=O) groups excluding carboxylic acids is 2. The molecule has 9 heteroatoms. The Balaban J connectivity index is 1.55. The fourth-order valence-electron chi connectivity index (χ4n) is 4.91. The van der Waals surface area contributed by atoms with Gasteiger partial charge in [-0.3, -0.25) is 4.79 Å². The molecule has 0 bridgehead atoms. The number of amides is 1. The fourth-order valence-corrected chi connectivity index (χ4v) is 6.01. The van der Waals surface area contributed by atoms with Crippen LogP contribution in [-0.2, 0) is 27.2 Å². The monoisotopic (exact) mass is 508 g/mol. The largest absolute Gasteiger partial charge is 0.464 e. The number of fused-ring (bicyclic) bond motifs is 1. The maximum Gasteiger partial charge on any atom is 0.356 e. The number of aryl methyl sites for hydroxylation is 2. The van der Waals surface area contributed by atoms with E-state index in [4.69, 9.17) is 14.5 Å². The number of nitrogens with zero attached hydrogens (tertiary/aromatic N) is 2. The van der Waals surface area contributed by atoms with Gasteiger partial charge in [0.1, 0.15) is 11.8 Å². The molecule has 4 heterocycles. The summed E-state index contributed by atoms with van der Waals surface area (Å²) in [6.45, 7) is 1.08. The summed E-state index contributed by atoms with van der Waals surface area (Å²) in [4.78, 5) is 30.9. The summed E-state index contributed by atoms with van der Waals surface area (Å²) >= 11 is 1.98. The molecule has 0 spiro atoms. The molecule has 1 amide bonds. The van der Waals surface area contributed by atoms with Gasteiger partial charge in [0.25, 0.3) is 5.91 Å². The third-order valence-electron chi connectivity index (χ3n) is 6.81. The maximum absolute atomic E-state index is 13.1. The van der Waals surface area contributed by atoms with E-state index in [0.717, 1.165) is 42.0 Å². The van der Waals surface area contributed by atoms with Gasteiger partial charge in [0.2, 0.25) is 0 Å². The SMILES string of the molecule is COC(=O)c1c(NC(=O)[C@@H]2CCCO2)c2cc(NC3CCSCC3)cnc2n1CCc1ccccc1. The van der Waals surface area contributed by atoms with E-state index in [0.29, 0.717) is 54.4 Å². The van der Waals surface area contributed by atoms with Crippen LogP contribution in [0, 0.1) is 0 Å². The van der Waals surface area contributed by atoms with Crippen LogP contribution in [0.2, 0.25) is 0 Å². The molecule has 1 atom stereocenters. The minimum absolute atomic E-state index is 0.248. The van der Waals surface area contributed by atoms with Crippen molar-refractivity contribution in [2.75, 3.05) is 35.9 Å². The quantitative estimate of drug-likeness (QED) is 0.433. The zero-order chi connectivity index (χ0) is 24.9. The normalized spacial score (nSPS) is 18.3. The zero-order valence-electron chi connectivity index (χ0n) is 20.5. The first-order chi connectivity index (χ1) is 17.6. The van der Waals surface area contributed by atoms with E-state index in [1.165, 1.54) is 7.11 Å². The van der Waals surface area contributed by atoms with Gasteiger partial charge in [-0.2, -0.15) is 11.8 Å². The van der Waals surface area contributed by atoms with Crippen LogP contribution in [-0.4, -0.2) is 58.8 Å². The highest BCUT2D eigenvalue weighted by Gasteiger charge is 2.30. The summed E-state index contributed by atoms with van der Waals surface area (Å²) < 4.78 is 12.6. The second-order valence-corrected chi connectivity index (χ2v) is 10.4. The van der Waals surface area contributed by atoms with Crippen LogP contribution in [0.15, 0.2) is 42.6 Å². The molecule has 1 aromatic carbocycles. The van der Waals surface area contributed by atoms with Crippen LogP contribution in [0.5, 0.6) is 0 Å². The van der Waals surface area contributed by atoms with Crippen LogP contribution in [0.3, 0.4) is 0 Å². The summed E-state index contributed by atoms with van der Waals surface area (Å²) in [5, 5.41) is 7.32. The van der Waals surface area contributed by atoms with Crippen molar-refractivity contribution in [1.29, 1.82) is 0 Å². The lowest BCUT2D eigenvalue weighted by atomic mass is 10.1. The summed E-state index contributed by atoms with van der Waals surface area (Å²) in [5.74, 6) is 1.52. The van der Waals surface area contributed by atoms with Gasteiger partial charge in [-0.05, 0) is 55.2 Å². The van der Waals surface area contributed by atoms with Crippen molar-refractivity contribution in [2.45, 2.75) is 50.8 Å². The van der Waals surface area contributed by atoms with Crippen molar-refractivity contribution in [3.05, 3.63) is 53.9 Å². The smallest absolute Gasteiger partial charge is 0.356 e. The Morgan fingerprint density at radius 3 is 2.72 bits per heavy atom. The first-order valence-corrected chi connectivity index (χ1v) is 13.7. The van der Waals surface area contributed by atoms with Gasteiger partial charge in [-0.25, -0.2) is 9.78 Å². The van der Waals surface area contributed by atoms with E-state index in [-0.39, 0.29) is 5.91 Å². The van der Waals surface area contributed by atoms with Crippen molar-refractivity contribution in [2.24, 2.45) is 0 Å². The van der Waals surface area contributed by atoms with Crippen LogP contribution in [0.25, 0.3) is 11.0 Å². The van der Waals surface area contributed by atoms with E-state index in [1.54, 1.807) is 0 Å². The lowest BCUT2D eigenvalue weighted by Gasteiger charge is -2.23. The van der Waals surface area contributed by atoms with E-state index < -0.39 is 12.1 Å². The summed E-state index contributed by atoms with van der Waals surface area (Å²) in [7, 11) is 1.36. The Bertz CT molecular complexity index is 1220. The van der Waals surface area contributed by atoms with Crippen molar-refractivity contribution < 1.29 is 19.1 Å². The third kappa shape index (κ3) is 5.37. The van der Waals surface area contributed by atoms with Gasteiger partial charge in [0.15, 0.2) is 5.69 Å². The Morgan fingerprint density at radius 2 is 2.00 bits per heavy atom. The Hall–Kier alpha value is -3.04. The molecule has 3 aromatic rings. The highest BCUT2D eigenvalue weighted by Crippen LogP contribution is 2.34. The number of thioether (sulfide) groups is 1. The lowest BCUT2D eigenvalue weighted by Crippen LogP contribution is -2.28. The van der Waals surface area contributed by atoms with E-state index >= 15 is 0 Å². The van der Waals surface area contributed by atoms with E-state index in [1.807, 2.05) is 46.8 Å². The molecular weight excluding hydrogens is 476 g/mol. The van der Waals surface area contributed by atoms with Crippen LogP contribution in [0.4, 0.5) is 11.4 Å². The molecule has 2 aliphatic rings. The van der Waals surface area contributed by atoms with Gasteiger partial charge in [0, 0.05) is 24.6 Å². The van der Waals surface area contributed by atoms with Crippen LogP contribution in [0.1, 0.15) is 41.7 Å². The second-order valence-electron chi connectivity index (χ2n) is 9.22. The maximum atomic E-state index is 13.1. The number of anilines is 2. The Kier molecular flexibility index (Phi) is 7.77. The average Bonchev–Trinajstić information content (AvgIpc) is 3.55. The van der Waals surface area contributed by atoms with Gasteiger partial charge < -0.3 is 24.7 Å². The van der Waals surface area contributed by atoms with E-state index in [9.17, 15) is 9.59 Å². The molecule has 0 unspecified atom stereocenters. The van der Waals surface area contributed by atoms with Crippen molar-refractivity contribution in [3.8, 4) is 0 Å². The number of aromatic nitrogens is 2. The number of benzene rings is 1. The predicted octanol–water partition coefficient (Wildman–Crippen LogP) is 4.49. The molecule has 36 heavy (non-hydrogen) atoms. The zero-order valence-corrected chi connectivity index (χ0v) is 21.3. The molecule has 0 aliphatic carbocycles. The number of ether oxygens (including phenoxy) is 2. The van der Waals surface area contributed by atoms with Gasteiger partial charge in [-0.15, -0.1) is 0 Å². The molecule has 2 saturated heterocycles. The summed E-state index contributed by atoms with van der Waals surface area (Å²) in [6, 6.07) is 12.5. The molecular formula is C27H32N4O4S. The van der Waals surface area contributed by atoms with Gasteiger partial charge >= 0.3 is 5.97 Å². The Labute approximate surface area is 215 Å². The molecule has 0 saturated carbocycles. The fraction of sp³-hybridized carbons (Fsp3) is 0.444.